The molecule has 2 aromatic carbocycles. The van der Waals surface area contributed by atoms with E-state index in [0.717, 1.165) is 16.8 Å². The second-order valence-electron chi connectivity index (χ2n) is 7.21. The van der Waals surface area contributed by atoms with Crippen molar-refractivity contribution in [2.24, 2.45) is 10.9 Å². The molecule has 28 heavy (non-hydrogen) atoms. The zero-order valence-electron chi connectivity index (χ0n) is 17.0. The van der Waals surface area contributed by atoms with Crippen LogP contribution in [0.15, 0.2) is 47.5 Å². The van der Waals surface area contributed by atoms with Gasteiger partial charge in [0.25, 0.3) is 0 Å². The standard InChI is InChI=1S/C22H29FN4O/c1-15(2)10-21(28)27-19-7-5-6-17(12-19)13-25-22(24-4)26-14-18-8-9-20(23)16(3)11-18/h5-9,11-12,15H,10,13-14H2,1-4H3,(H,27,28)(H2,24,25,26). The van der Waals surface area contributed by atoms with E-state index in [1.165, 1.54) is 6.07 Å². The van der Waals surface area contributed by atoms with Crippen molar-refractivity contribution in [1.29, 1.82) is 0 Å². The van der Waals surface area contributed by atoms with Crippen LogP contribution < -0.4 is 16.0 Å². The van der Waals surface area contributed by atoms with Gasteiger partial charge in [-0.3, -0.25) is 9.79 Å². The Morgan fingerprint density at radius 1 is 1.07 bits per heavy atom. The first kappa shape index (κ1) is 21.4. The molecule has 0 aliphatic carbocycles. The Kier molecular flexibility index (Phi) is 7.99. The van der Waals surface area contributed by atoms with Crippen molar-refractivity contribution >= 4 is 17.6 Å². The summed E-state index contributed by atoms with van der Waals surface area (Å²) in [4.78, 5) is 16.1. The molecule has 0 atom stereocenters. The number of carbonyl (C=O) groups excluding carboxylic acids is 1. The molecule has 0 unspecified atom stereocenters. The lowest BCUT2D eigenvalue weighted by atomic mass is 10.1. The van der Waals surface area contributed by atoms with Crippen molar-refractivity contribution in [3.63, 3.8) is 0 Å². The number of carbonyl (C=O) groups is 1. The molecule has 0 spiro atoms. The first-order chi connectivity index (χ1) is 13.4. The summed E-state index contributed by atoms with van der Waals surface area (Å²) < 4.78 is 13.4. The van der Waals surface area contributed by atoms with Gasteiger partial charge < -0.3 is 16.0 Å². The molecule has 0 aliphatic rings. The van der Waals surface area contributed by atoms with Crippen molar-refractivity contribution in [2.75, 3.05) is 12.4 Å². The van der Waals surface area contributed by atoms with E-state index in [0.29, 0.717) is 37.0 Å². The molecule has 0 aromatic heterocycles. The maximum absolute atomic E-state index is 13.4. The first-order valence-electron chi connectivity index (χ1n) is 9.45. The summed E-state index contributed by atoms with van der Waals surface area (Å²) in [6.07, 6.45) is 0.502. The van der Waals surface area contributed by atoms with Crippen LogP contribution >= 0.6 is 0 Å². The Labute approximate surface area is 166 Å². The van der Waals surface area contributed by atoms with Crippen molar-refractivity contribution in [2.45, 2.75) is 40.3 Å². The highest BCUT2D eigenvalue weighted by molar-refractivity contribution is 5.90. The van der Waals surface area contributed by atoms with Crippen LogP contribution in [0, 0.1) is 18.7 Å². The molecule has 1 amide bonds. The van der Waals surface area contributed by atoms with Crippen molar-refractivity contribution in [1.82, 2.24) is 10.6 Å². The molecular formula is C22H29FN4O. The van der Waals surface area contributed by atoms with Gasteiger partial charge in [0.05, 0.1) is 0 Å². The number of aliphatic imine (C=N–C) groups is 1. The molecule has 2 aromatic rings. The Hall–Kier alpha value is -2.89. The normalized spacial score (nSPS) is 11.4. The third-order valence-corrected chi connectivity index (χ3v) is 4.17. The summed E-state index contributed by atoms with van der Waals surface area (Å²) in [6, 6.07) is 12.8. The van der Waals surface area contributed by atoms with E-state index in [2.05, 4.69) is 20.9 Å². The van der Waals surface area contributed by atoms with Gasteiger partial charge in [0.1, 0.15) is 5.82 Å². The fraction of sp³-hybridized carbons (Fsp3) is 0.364. The van der Waals surface area contributed by atoms with Gasteiger partial charge in [-0.1, -0.05) is 38.1 Å². The first-order valence-corrected chi connectivity index (χ1v) is 9.45. The minimum Gasteiger partial charge on any atom is -0.352 e. The van der Waals surface area contributed by atoms with Crippen molar-refractivity contribution in [3.8, 4) is 0 Å². The zero-order chi connectivity index (χ0) is 20.5. The van der Waals surface area contributed by atoms with Crippen LogP contribution in [0.3, 0.4) is 0 Å². The van der Waals surface area contributed by atoms with Crippen LogP contribution in [0.5, 0.6) is 0 Å². The number of amides is 1. The second kappa shape index (κ2) is 10.4. The van der Waals surface area contributed by atoms with Gasteiger partial charge in [-0.05, 0) is 47.7 Å². The fourth-order valence-electron chi connectivity index (χ4n) is 2.75. The van der Waals surface area contributed by atoms with E-state index in [9.17, 15) is 9.18 Å². The Bertz CT molecular complexity index is 833. The highest BCUT2D eigenvalue weighted by Gasteiger charge is 2.06. The number of rotatable bonds is 7. The molecule has 0 saturated heterocycles. The SMILES string of the molecule is CN=C(NCc1cccc(NC(=O)CC(C)C)c1)NCc1ccc(F)c(C)c1. The predicted molar refractivity (Wildman–Crippen MR) is 113 cm³/mol. The Balaban J connectivity index is 1.88. The molecular weight excluding hydrogens is 355 g/mol. The zero-order valence-corrected chi connectivity index (χ0v) is 17.0. The summed E-state index contributed by atoms with van der Waals surface area (Å²) in [5, 5.41) is 9.39. The largest absolute Gasteiger partial charge is 0.352 e. The number of guanidine groups is 1. The monoisotopic (exact) mass is 384 g/mol. The number of nitrogens with zero attached hydrogens (tertiary/aromatic N) is 1. The molecule has 0 bridgehead atoms. The van der Waals surface area contributed by atoms with Crippen LogP contribution in [-0.4, -0.2) is 18.9 Å². The Morgan fingerprint density at radius 3 is 2.36 bits per heavy atom. The Morgan fingerprint density at radius 2 is 1.75 bits per heavy atom. The van der Waals surface area contributed by atoms with E-state index in [1.54, 1.807) is 20.0 Å². The van der Waals surface area contributed by atoms with E-state index in [4.69, 9.17) is 0 Å². The fourth-order valence-corrected chi connectivity index (χ4v) is 2.75. The van der Waals surface area contributed by atoms with E-state index in [-0.39, 0.29) is 11.7 Å². The topological polar surface area (TPSA) is 65.5 Å². The van der Waals surface area contributed by atoms with Crippen LogP contribution in [0.1, 0.15) is 37.0 Å². The summed E-state index contributed by atoms with van der Waals surface area (Å²) in [5.74, 6) is 0.791. The van der Waals surface area contributed by atoms with Gasteiger partial charge >= 0.3 is 0 Å². The maximum Gasteiger partial charge on any atom is 0.224 e. The molecule has 0 saturated carbocycles. The molecule has 5 nitrogen and oxygen atoms in total. The minimum absolute atomic E-state index is 0.0205. The third-order valence-electron chi connectivity index (χ3n) is 4.17. The van der Waals surface area contributed by atoms with Crippen LogP contribution in [0.25, 0.3) is 0 Å². The lowest BCUT2D eigenvalue weighted by Crippen LogP contribution is -2.36. The molecule has 6 heteroatoms. The molecule has 0 aliphatic heterocycles. The van der Waals surface area contributed by atoms with Crippen LogP contribution in [-0.2, 0) is 17.9 Å². The second-order valence-corrected chi connectivity index (χ2v) is 7.21. The highest BCUT2D eigenvalue weighted by Crippen LogP contribution is 2.12. The van der Waals surface area contributed by atoms with Gasteiger partial charge in [-0.15, -0.1) is 0 Å². The average Bonchev–Trinajstić information content (AvgIpc) is 2.64. The maximum atomic E-state index is 13.4. The third kappa shape index (κ3) is 7.02. The average molecular weight is 384 g/mol. The lowest BCUT2D eigenvalue weighted by molar-refractivity contribution is -0.116. The molecule has 0 radical (unpaired) electrons. The highest BCUT2D eigenvalue weighted by atomic mass is 19.1. The van der Waals surface area contributed by atoms with Gasteiger partial charge in [0.2, 0.25) is 5.91 Å². The van der Waals surface area contributed by atoms with E-state index >= 15 is 0 Å². The molecule has 2 rings (SSSR count). The summed E-state index contributed by atoms with van der Waals surface area (Å²) in [5.41, 5.74) is 3.42. The summed E-state index contributed by atoms with van der Waals surface area (Å²) >= 11 is 0. The van der Waals surface area contributed by atoms with Crippen molar-refractivity contribution in [3.05, 3.63) is 65.0 Å². The number of halogens is 1. The smallest absolute Gasteiger partial charge is 0.224 e. The molecule has 0 fully saturated rings. The number of anilines is 1. The number of nitrogens with one attached hydrogen (secondary N) is 3. The number of aryl methyl sites for hydroxylation is 1. The summed E-state index contributed by atoms with van der Waals surface area (Å²) in [7, 11) is 1.70. The van der Waals surface area contributed by atoms with Crippen LogP contribution in [0.2, 0.25) is 0 Å². The molecule has 0 heterocycles. The van der Waals surface area contributed by atoms with Gasteiger partial charge in [0.15, 0.2) is 5.96 Å². The van der Waals surface area contributed by atoms with Crippen LogP contribution in [0.4, 0.5) is 10.1 Å². The summed E-state index contributed by atoms with van der Waals surface area (Å²) in [6.45, 7) is 6.90. The molecule has 150 valence electrons. The number of hydrogen-bond acceptors (Lipinski definition) is 2. The van der Waals surface area contributed by atoms with E-state index < -0.39 is 0 Å². The molecule has 3 N–H and O–H groups in total. The van der Waals surface area contributed by atoms with Gasteiger partial charge in [-0.25, -0.2) is 4.39 Å². The quantitative estimate of drug-likeness (QED) is 0.500. The predicted octanol–water partition coefficient (Wildman–Crippen LogP) is 3.98. The van der Waals surface area contributed by atoms with Gasteiger partial charge in [0, 0.05) is 32.2 Å². The minimum atomic E-state index is -0.202. The van der Waals surface area contributed by atoms with E-state index in [1.807, 2.05) is 44.2 Å². The number of hydrogen-bond donors (Lipinski definition) is 3. The number of benzene rings is 2. The van der Waals surface area contributed by atoms with Crippen molar-refractivity contribution < 1.29 is 9.18 Å². The van der Waals surface area contributed by atoms with Gasteiger partial charge in [-0.2, -0.15) is 0 Å². The lowest BCUT2D eigenvalue weighted by Gasteiger charge is -2.13.